The van der Waals surface area contributed by atoms with Gasteiger partial charge >= 0.3 is 0 Å². The molecule has 0 amide bonds. The van der Waals surface area contributed by atoms with E-state index in [1.54, 1.807) is 12.4 Å². The van der Waals surface area contributed by atoms with E-state index in [9.17, 15) is 0 Å². The van der Waals surface area contributed by atoms with Crippen molar-refractivity contribution in [1.82, 2.24) is 4.98 Å². The maximum atomic E-state index is 4.11. The van der Waals surface area contributed by atoms with E-state index in [0.29, 0.717) is 5.82 Å². The number of aromatic nitrogens is 1. The molecule has 0 atom stereocenters. The Morgan fingerprint density at radius 3 is 3.27 bits per heavy atom. The largest absolute Gasteiger partial charge is 0.325 e. The molecule has 1 aliphatic heterocycles. The second kappa shape index (κ2) is 2.20. The maximum Gasteiger partial charge on any atom is 0.140 e. The molecule has 0 fully saturated rings. The fourth-order valence-corrected chi connectivity index (χ4v) is 0.943. The van der Waals surface area contributed by atoms with Crippen LogP contribution in [0.5, 0.6) is 0 Å². The predicted molar refractivity (Wildman–Crippen MR) is 44.6 cm³/mol. The Bertz CT molecular complexity index is 328. The van der Waals surface area contributed by atoms with Crippen molar-refractivity contribution in [3.8, 4) is 0 Å². The minimum absolute atomic E-state index is 0.635. The summed E-state index contributed by atoms with van der Waals surface area (Å²) in [5, 5.41) is 2.96. The summed E-state index contributed by atoms with van der Waals surface area (Å²) in [5.41, 5.74) is 1.000. The van der Waals surface area contributed by atoms with Crippen molar-refractivity contribution in [2.24, 2.45) is 4.99 Å². The van der Waals surface area contributed by atoms with Gasteiger partial charge in [0.1, 0.15) is 11.6 Å². The van der Waals surface area contributed by atoms with E-state index in [1.165, 1.54) is 0 Å². The average molecular weight is 145 g/mol. The first-order valence-corrected chi connectivity index (χ1v) is 3.31. The first-order valence-electron chi connectivity index (χ1n) is 3.31. The van der Waals surface area contributed by atoms with Crippen LogP contribution in [0, 0.1) is 0 Å². The van der Waals surface area contributed by atoms with E-state index in [1.807, 2.05) is 12.1 Å². The van der Waals surface area contributed by atoms with Gasteiger partial charge in [-0.1, -0.05) is 6.58 Å². The van der Waals surface area contributed by atoms with Crippen LogP contribution in [0.4, 0.5) is 5.82 Å². The molecule has 0 bridgehead atoms. The topological polar surface area (TPSA) is 37.3 Å². The monoisotopic (exact) mass is 145 g/mol. The first-order chi connectivity index (χ1) is 5.36. The highest BCUT2D eigenvalue weighted by molar-refractivity contribution is 5.89. The van der Waals surface area contributed by atoms with E-state index >= 15 is 0 Å². The summed E-state index contributed by atoms with van der Waals surface area (Å²) < 4.78 is 0. The fraction of sp³-hybridized carbons (Fsp3) is 0. The zero-order chi connectivity index (χ0) is 7.68. The molecule has 0 aliphatic carbocycles. The number of rotatable bonds is 0. The summed E-state index contributed by atoms with van der Waals surface area (Å²) in [6.45, 7) is 3.66. The van der Waals surface area contributed by atoms with Crippen molar-refractivity contribution < 1.29 is 0 Å². The SMILES string of the molecule is C=C1N=Cc2cccnc2N1. The summed E-state index contributed by atoms with van der Waals surface area (Å²) in [6, 6.07) is 3.83. The van der Waals surface area contributed by atoms with Crippen LogP contribution in [0.1, 0.15) is 5.56 Å². The van der Waals surface area contributed by atoms with Crippen molar-refractivity contribution in [2.45, 2.75) is 0 Å². The lowest BCUT2D eigenvalue weighted by Crippen LogP contribution is -2.06. The smallest absolute Gasteiger partial charge is 0.140 e. The van der Waals surface area contributed by atoms with E-state index in [-0.39, 0.29) is 0 Å². The molecule has 0 saturated heterocycles. The minimum Gasteiger partial charge on any atom is -0.325 e. The number of anilines is 1. The van der Waals surface area contributed by atoms with Crippen molar-refractivity contribution in [3.05, 3.63) is 36.3 Å². The van der Waals surface area contributed by atoms with Gasteiger partial charge in [-0.15, -0.1) is 0 Å². The van der Waals surface area contributed by atoms with E-state index in [4.69, 9.17) is 0 Å². The molecular formula is C8H7N3. The number of pyridine rings is 1. The molecule has 3 nitrogen and oxygen atoms in total. The molecule has 0 saturated carbocycles. The van der Waals surface area contributed by atoms with Gasteiger partial charge in [0.15, 0.2) is 0 Å². The maximum absolute atomic E-state index is 4.11. The van der Waals surface area contributed by atoms with Crippen LogP contribution in [-0.4, -0.2) is 11.2 Å². The van der Waals surface area contributed by atoms with E-state index in [0.717, 1.165) is 11.4 Å². The lowest BCUT2D eigenvalue weighted by Gasteiger charge is -2.11. The summed E-state index contributed by atoms with van der Waals surface area (Å²) in [4.78, 5) is 8.11. The standard InChI is InChI=1S/C8H7N3/c1-6-10-5-7-3-2-4-9-8(7)11-6/h2-5H,1H2,(H,9,11). The van der Waals surface area contributed by atoms with Gasteiger partial charge in [-0.2, -0.15) is 0 Å². The lowest BCUT2D eigenvalue weighted by molar-refractivity contribution is 1.21. The van der Waals surface area contributed by atoms with Crippen molar-refractivity contribution in [2.75, 3.05) is 5.32 Å². The third-order valence-electron chi connectivity index (χ3n) is 1.46. The number of hydrogen-bond acceptors (Lipinski definition) is 3. The van der Waals surface area contributed by atoms with Crippen LogP contribution in [0.2, 0.25) is 0 Å². The fourth-order valence-electron chi connectivity index (χ4n) is 0.943. The van der Waals surface area contributed by atoms with E-state index in [2.05, 4.69) is 21.9 Å². The van der Waals surface area contributed by atoms with Crippen LogP contribution in [-0.2, 0) is 0 Å². The first kappa shape index (κ1) is 6.09. The third-order valence-corrected chi connectivity index (χ3v) is 1.46. The van der Waals surface area contributed by atoms with Gasteiger partial charge in [-0.3, -0.25) is 0 Å². The molecule has 1 aliphatic rings. The molecular weight excluding hydrogens is 138 g/mol. The van der Waals surface area contributed by atoms with Crippen molar-refractivity contribution in [1.29, 1.82) is 0 Å². The Kier molecular flexibility index (Phi) is 1.22. The summed E-state index contributed by atoms with van der Waals surface area (Å²) in [5.74, 6) is 1.46. The summed E-state index contributed by atoms with van der Waals surface area (Å²) in [6.07, 6.45) is 3.49. The number of aliphatic imine (C=N–C) groups is 1. The highest BCUT2D eigenvalue weighted by atomic mass is 15.1. The average Bonchev–Trinajstić information content (AvgIpc) is 2.04. The van der Waals surface area contributed by atoms with Crippen LogP contribution in [0.25, 0.3) is 0 Å². The van der Waals surface area contributed by atoms with Crippen LogP contribution in [0.3, 0.4) is 0 Å². The minimum atomic E-state index is 0.635. The predicted octanol–water partition coefficient (Wildman–Crippen LogP) is 1.40. The number of fused-ring (bicyclic) bond motifs is 1. The molecule has 54 valence electrons. The number of hydrogen-bond donors (Lipinski definition) is 1. The van der Waals surface area contributed by atoms with Crippen molar-refractivity contribution in [3.63, 3.8) is 0 Å². The Labute approximate surface area is 64.5 Å². The highest BCUT2D eigenvalue weighted by Crippen LogP contribution is 2.15. The Hall–Kier alpha value is -1.64. The molecule has 1 aromatic rings. The molecule has 0 unspecified atom stereocenters. The molecule has 0 aromatic carbocycles. The molecule has 1 N–H and O–H groups in total. The Morgan fingerprint density at radius 1 is 1.45 bits per heavy atom. The number of nitrogens with one attached hydrogen (secondary N) is 1. The lowest BCUT2D eigenvalue weighted by atomic mass is 10.2. The van der Waals surface area contributed by atoms with Gasteiger partial charge in [0, 0.05) is 18.0 Å². The zero-order valence-electron chi connectivity index (χ0n) is 5.91. The second-order valence-corrected chi connectivity index (χ2v) is 2.27. The Balaban J connectivity index is 2.54. The van der Waals surface area contributed by atoms with Gasteiger partial charge in [-0.05, 0) is 12.1 Å². The van der Waals surface area contributed by atoms with Crippen LogP contribution < -0.4 is 5.32 Å². The molecule has 3 heteroatoms. The normalized spacial score (nSPS) is 14.0. The third kappa shape index (κ3) is 1.00. The molecule has 2 heterocycles. The van der Waals surface area contributed by atoms with Crippen LogP contribution >= 0.6 is 0 Å². The van der Waals surface area contributed by atoms with Gasteiger partial charge in [0.05, 0.1) is 0 Å². The zero-order valence-corrected chi connectivity index (χ0v) is 5.91. The summed E-state index contributed by atoms with van der Waals surface area (Å²) >= 11 is 0. The molecule has 11 heavy (non-hydrogen) atoms. The Morgan fingerprint density at radius 2 is 2.36 bits per heavy atom. The van der Waals surface area contributed by atoms with Crippen molar-refractivity contribution >= 4 is 12.0 Å². The van der Waals surface area contributed by atoms with Crippen LogP contribution in [0.15, 0.2) is 35.7 Å². The second-order valence-electron chi connectivity index (χ2n) is 2.27. The number of nitrogens with zero attached hydrogens (tertiary/aromatic N) is 2. The highest BCUT2D eigenvalue weighted by Gasteiger charge is 2.05. The van der Waals surface area contributed by atoms with Gasteiger partial charge in [0.2, 0.25) is 0 Å². The van der Waals surface area contributed by atoms with Gasteiger partial charge in [0.25, 0.3) is 0 Å². The quantitative estimate of drug-likeness (QED) is 0.599. The molecule has 0 radical (unpaired) electrons. The van der Waals surface area contributed by atoms with Gasteiger partial charge in [-0.25, -0.2) is 9.98 Å². The molecule has 1 aromatic heterocycles. The molecule has 2 rings (SSSR count). The molecule has 0 spiro atoms. The van der Waals surface area contributed by atoms with Gasteiger partial charge < -0.3 is 5.32 Å². The summed E-state index contributed by atoms with van der Waals surface area (Å²) in [7, 11) is 0. The van der Waals surface area contributed by atoms with E-state index < -0.39 is 0 Å².